The summed E-state index contributed by atoms with van der Waals surface area (Å²) in [6.45, 7) is 10.6. The van der Waals surface area contributed by atoms with Crippen molar-refractivity contribution < 1.29 is 19.1 Å². The van der Waals surface area contributed by atoms with Crippen LogP contribution in [0.3, 0.4) is 0 Å². The fourth-order valence-electron chi connectivity index (χ4n) is 10.9. The van der Waals surface area contributed by atoms with Gasteiger partial charge in [0.05, 0.1) is 0 Å². The molecule has 0 N–H and O–H groups in total. The summed E-state index contributed by atoms with van der Waals surface area (Å²) in [7, 11) is 0. The van der Waals surface area contributed by atoms with E-state index in [1.807, 2.05) is 0 Å². The molecule has 4 aliphatic rings. The average molecular weight is 597 g/mol. The van der Waals surface area contributed by atoms with Crippen LogP contribution in [0.1, 0.15) is 104 Å². The van der Waals surface area contributed by atoms with Gasteiger partial charge in [-0.25, -0.2) is 0 Å². The summed E-state index contributed by atoms with van der Waals surface area (Å²) in [6, 6.07) is 21.5. The summed E-state index contributed by atoms with van der Waals surface area (Å²) in [6.07, 6.45) is 12.4. The highest BCUT2D eigenvalue weighted by molar-refractivity contribution is 5.79. The van der Waals surface area contributed by atoms with Gasteiger partial charge in [0.25, 0.3) is 0 Å². The number of rotatable bonds is 7. The molecule has 4 aliphatic carbocycles. The molecule has 0 radical (unpaired) electrons. The van der Waals surface area contributed by atoms with Crippen molar-refractivity contribution in [1.29, 1.82) is 0 Å². The Balaban J connectivity index is 1.26. The minimum atomic E-state index is -0.156. The molecule has 4 nitrogen and oxygen atoms in total. The first-order valence-electron chi connectivity index (χ1n) is 17.3. The Morgan fingerprint density at radius 1 is 0.818 bits per heavy atom. The predicted octanol–water partition coefficient (Wildman–Crippen LogP) is 9.28. The maximum Gasteiger partial charge on any atom is 0.302 e. The van der Waals surface area contributed by atoms with E-state index in [2.05, 4.69) is 87.5 Å². The minimum absolute atomic E-state index is 0.0160. The van der Waals surface area contributed by atoms with E-state index in [9.17, 15) is 9.59 Å². The highest BCUT2D eigenvalue weighted by Crippen LogP contribution is 2.69. The molecule has 0 amide bonds. The lowest BCUT2D eigenvalue weighted by molar-refractivity contribution is -0.197. The van der Waals surface area contributed by atoms with Gasteiger partial charge in [-0.15, -0.1) is 0 Å². The second-order valence-electron chi connectivity index (χ2n) is 15.1. The fourth-order valence-corrected chi connectivity index (χ4v) is 10.9. The monoisotopic (exact) mass is 596 g/mol. The zero-order chi connectivity index (χ0) is 31.1. The quantitative estimate of drug-likeness (QED) is 0.299. The molecule has 4 saturated carbocycles. The van der Waals surface area contributed by atoms with Crippen LogP contribution in [-0.4, -0.2) is 24.1 Å². The third-order valence-electron chi connectivity index (χ3n) is 13.0. The van der Waals surface area contributed by atoms with Crippen LogP contribution in [0.15, 0.2) is 66.7 Å². The van der Waals surface area contributed by atoms with E-state index in [0.717, 1.165) is 32.1 Å². The number of benzene rings is 2. The van der Waals surface area contributed by atoms with E-state index in [-0.39, 0.29) is 35.0 Å². The van der Waals surface area contributed by atoms with Crippen molar-refractivity contribution in [1.82, 2.24) is 0 Å². The maximum atomic E-state index is 12.6. The van der Waals surface area contributed by atoms with E-state index in [1.54, 1.807) is 6.92 Å². The van der Waals surface area contributed by atoms with E-state index in [0.29, 0.717) is 35.5 Å². The summed E-state index contributed by atoms with van der Waals surface area (Å²) in [5.41, 5.74) is 4.01. The number of carbonyl (C=O) groups excluding carboxylic acids is 2. The van der Waals surface area contributed by atoms with E-state index >= 15 is 0 Å². The molecule has 0 heterocycles. The third kappa shape index (κ3) is 5.67. The molecule has 0 saturated heterocycles. The van der Waals surface area contributed by atoms with E-state index in [1.165, 1.54) is 49.3 Å². The number of hydrogen-bond donors (Lipinski definition) is 0. The molecule has 236 valence electrons. The van der Waals surface area contributed by atoms with Crippen LogP contribution < -0.4 is 0 Å². The molecule has 0 spiro atoms. The highest BCUT2D eigenvalue weighted by atomic mass is 16.5. The first kappa shape index (κ1) is 31.1. The zero-order valence-electron chi connectivity index (χ0n) is 27.5. The largest absolute Gasteiger partial charge is 0.463 e. The van der Waals surface area contributed by atoms with Gasteiger partial charge in [-0.1, -0.05) is 87.5 Å². The van der Waals surface area contributed by atoms with Crippen LogP contribution in [-0.2, 0) is 19.1 Å². The average Bonchev–Trinajstić information content (AvgIpc) is 3.37. The second-order valence-corrected chi connectivity index (χ2v) is 15.1. The molecule has 6 rings (SSSR count). The summed E-state index contributed by atoms with van der Waals surface area (Å²) in [5.74, 6) is 3.07. The number of ether oxygens (including phenoxy) is 2. The summed E-state index contributed by atoms with van der Waals surface area (Å²) in [5, 5.41) is 0. The number of carbonyl (C=O) groups is 2. The topological polar surface area (TPSA) is 52.6 Å². The van der Waals surface area contributed by atoms with Crippen LogP contribution in [0.25, 0.3) is 5.57 Å². The molecular weight excluding hydrogens is 544 g/mol. The lowest BCUT2D eigenvalue weighted by Crippen LogP contribution is -2.59. The Morgan fingerprint density at radius 2 is 1.45 bits per heavy atom. The molecular formula is C40H52O4. The lowest BCUT2D eigenvalue weighted by atomic mass is 9.43. The van der Waals surface area contributed by atoms with Crippen LogP contribution in [0.2, 0.25) is 0 Å². The minimum Gasteiger partial charge on any atom is -0.463 e. The third-order valence-corrected chi connectivity index (χ3v) is 13.0. The van der Waals surface area contributed by atoms with Gasteiger partial charge >= 0.3 is 11.9 Å². The van der Waals surface area contributed by atoms with Gasteiger partial charge in [-0.05, 0) is 115 Å². The van der Waals surface area contributed by atoms with Gasteiger partial charge in [0.2, 0.25) is 0 Å². The number of allylic oxidation sites excluding steroid dienone is 1. The standard InChI is InChI=1S/C40H52O4/c1-26(16-18-33(29-12-8-6-9-13-29)30-14-10-7-11-15-30)35-20-21-36-34-19-17-31-24-32(43-27(2)41)22-23-39(31,4)37(34)25-38(40(35,36)5)44-28(3)42/h6-15,18,26,31-32,34-38H,16-17,19-25H2,1-5H3/t26-,31+,32+,34-,35+,36-,37-,38+,39-,40+/m0/s1. The number of fused-ring (bicyclic) bond motifs is 5. The molecule has 44 heavy (non-hydrogen) atoms. The Kier molecular flexibility index (Phi) is 8.83. The van der Waals surface area contributed by atoms with Gasteiger partial charge in [-0.2, -0.15) is 0 Å². The first-order chi connectivity index (χ1) is 21.1. The predicted molar refractivity (Wildman–Crippen MR) is 175 cm³/mol. The zero-order valence-corrected chi connectivity index (χ0v) is 27.5. The summed E-state index contributed by atoms with van der Waals surface area (Å²) < 4.78 is 12.1. The maximum absolute atomic E-state index is 12.6. The smallest absolute Gasteiger partial charge is 0.302 e. The Morgan fingerprint density at radius 3 is 2.07 bits per heavy atom. The van der Waals surface area contributed by atoms with Gasteiger partial charge in [-0.3, -0.25) is 9.59 Å². The summed E-state index contributed by atoms with van der Waals surface area (Å²) >= 11 is 0. The molecule has 0 bridgehead atoms. The van der Waals surface area contributed by atoms with Gasteiger partial charge in [0.1, 0.15) is 12.2 Å². The van der Waals surface area contributed by atoms with Crippen molar-refractivity contribution in [3.8, 4) is 0 Å². The van der Waals surface area contributed by atoms with E-state index in [4.69, 9.17) is 9.47 Å². The van der Waals surface area contributed by atoms with Crippen molar-refractivity contribution in [3.05, 3.63) is 77.9 Å². The van der Waals surface area contributed by atoms with Crippen molar-refractivity contribution >= 4 is 17.5 Å². The molecule has 4 fully saturated rings. The Labute approximate surface area is 265 Å². The van der Waals surface area contributed by atoms with Crippen molar-refractivity contribution in [2.45, 2.75) is 105 Å². The van der Waals surface area contributed by atoms with Crippen LogP contribution >= 0.6 is 0 Å². The Bertz CT molecular complexity index is 1310. The van der Waals surface area contributed by atoms with Crippen molar-refractivity contribution in [2.75, 3.05) is 0 Å². The lowest BCUT2D eigenvalue weighted by Gasteiger charge is -2.62. The Hall–Kier alpha value is -2.88. The van der Waals surface area contributed by atoms with Gasteiger partial charge in [0, 0.05) is 19.3 Å². The molecule has 0 aliphatic heterocycles. The molecule has 2 aromatic carbocycles. The normalized spacial score (nSPS) is 36.6. The summed E-state index contributed by atoms with van der Waals surface area (Å²) in [4.78, 5) is 24.4. The number of esters is 2. The second kappa shape index (κ2) is 12.5. The first-order valence-corrected chi connectivity index (χ1v) is 17.3. The van der Waals surface area contributed by atoms with Crippen molar-refractivity contribution in [3.63, 3.8) is 0 Å². The molecule has 4 heteroatoms. The molecule has 10 atom stereocenters. The fraction of sp³-hybridized carbons (Fsp3) is 0.600. The molecule has 0 unspecified atom stereocenters. The van der Waals surface area contributed by atoms with Gasteiger partial charge < -0.3 is 9.47 Å². The van der Waals surface area contributed by atoms with Crippen LogP contribution in [0.5, 0.6) is 0 Å². The molecule has 0 aromatic heterocycles. The van der Waals surface area contributed by atoms with Gasteiger partial charge in [0.15, 0.2) is 0 Å². The van der Waals surface area contributed by atoms with E-state index < -0.39 is 0 Å². The van der Waals surface area contributed by atoms with Crippen LogP contribution in [0, 0.1) is 46.3 Å². The van der Waals surface area contributed by atoms with Crippen molar-refractivity contribution in [2.24, 2.45) is 46.3 Å². The molecule has 2 aromatic rings. The van der Waals surface area contributed by atoms with Crippen LogP contribution in [0.4, 0.5) is 0 Å². The number of hydrogen-bond acceptors (Lipinski definition) is 4. The SMILES string of the molecule is CC(=O)O[C@@H]1CC[C@@]2(C)[C@H](CC[C@@H]3[C@@H]2C[C@@H](OC(C)=O)[C@]2(C)[C@@H]([C@@H](C)CC=C(c4ccccc4)c4ccccc4)CC[C@@H]32)C1. The highest BCUT2D eigenvalue weighted by Gasteiger charge is 2.65.